The number of nitriles is 1. The van der Waals surface area contributed by atoms with E-state index in [9.17, 15) is 44.3 Å². The Morgan fingerprint density at radius 2 is 1.89 bits per heavy atom. The highest BCUT2D eigenvalue weighted by Crippen LogP contribution is 2.49. The number of nitrogens with one attached hydrogen (secondary N) is 1. The number of nitrogens with zero attached hydrogens (tertiary/aromatic N) is 5. The molecule has 1 N–H and O–H groups in total. The molecule has 0 aliphatic heterocycles. The van der Waals surface area contributed by atoms with Crippen LogP contribution < -0.4 is 5.32 Å². The maximum absolute atomic E-state index is 14.2. The van der Waals surface area contributed by atoms with E-state index < -0.39 is 60.0 Å². The average molecular weight is 599 g/mol. The van der Waals surface area contributed by atoms with Crippen molar-refractivity contribution in [2.24, 2.45) is 7.05 Å². The first-order valence-corrected chi connectivity index (χ1v) is 13.3. The molecule has 1 saturated carbocycles. The lowest BCUT2D eigenvalue weighted by molar-refractivity contribution is -0.292. The molecule has 4 rings (SSSR count). The normalized spacial score (nSPS) is 15.2. The van der Waals surface area contributed by atoms with Crippen molar-refractivity contribution in [3.8, 4) is 23.0 Å². The topological polar surface area (TPSA) is 123 Å². The maximum Gasteiger partial charge on any atom is 0.459 e. The van der Waals surface area contributed by atoms with E-state index in [-0.39, 0.29) is 16.1 Å². The van der Waals surface area contributed by atoms with Crippen molar-refractivity contribution < 1.29 is 39.1 Å². The van der Waals surface area contributed by atoms with E-state index in [2.05, 4.69) is 15.5 Å². The first kappa shape index (κ1) is 27.8. The second-order valence-corrected chi connectivity index (χ2v) is 11.7. The quantitative estimate of drug-likeness (QED) is 0.238. The average Bonchev–Trinajstić information content (AvgIpc) is 3.26. The highest BCUT2D eigenvalue weighted by atomic mass is 35.5. The largest absolute Gasteiger partial charge is 0.459 e. The van der Waals surface area contributed by atoms with Gasteiger partial charge >= 0.3 is 21.4 Å². The molecule has 0 bridgehead atoms. The van der Waals surface area contributed by atoms with Gasteiger partial charge in [0.05, 0.1) is 27.7 Å². The SMILES string of the molecule is Cn1nc(C(F)(F)C(F)(F)F)c(SS(=O)(=O)F)c1-n1cc(-c2ccc(Cl)c(C(=O)NC3(C#N)CC3)c2)cn1. The second kappa shape index (κ2) is 9.20. The molecule has 9 nitrogen and oxygen atoms in total. The maximum atomic E-state index is 14.2. The number of halogens is 7. The van der Waals surface area contributed by atoms with Crippen LogP contribution in [0.1, 0.15) is 28.9 Å². The van der Waals surface area contributed by atoms with Crippen LogP contribution in [0, 0.1) is 11.3 Å². The van der Waals surface area contributed by atoms with Gasteiger partial charge in [0.2, 0.25) is 0 Å². The number of aryl methyl sites for hydroxylation is 1. The molecule has 0 spiro atoms. The zero-order chi connectivity index (χ0) is 28.3. The molecule has 0 radical (unpaired) electrons. The predicted octanol–water partition coefficient (Wildman–Crippen LogP) is 4.67. The van der Waals surface area contributed by atoms with E-state index in [1.54, 1.807) is 0 Å². The van der Waals surface area contributed by atoms with Crippen molar-refractivity contribution in [2.45, 2.75) is 35.4 Å². The summed E-state index contributed by atoms with van der Waals surface area (Å²) in [5, 5.41) is 18.8. The van der Waals surface area contributed by atoms with E-state index in [1.165, 1.54) is 18.2 Å². The molecule has 18 heteroatoms. The summed E-state index contributed by atoms with van der Waals surface area (Å²) in [6.07, 6.45) is -2.98. The Bertz CT molecular complexity index is 1590. The number of hydrogen-bond donors (Lipinski definition) is 1. The molecule has 1 amide bonds. The van der Waals surface area contributed by atoms with E-state index in [0.29, 0.717) is 23.1 Å². The molecular formula is C20H13ClF6N6O3S2. The highest BCUT2D eigenvalue weighted by molar-refractivity contribution is 8.70. The summed E-state index contributed by atoms with van der Waals surface area (Å²) in [6, 6.07) is 6.14. The van der Waals surface area contributed by atoms with E-state index in [0.717, 1.165) is 24.1 Å². The van der Waals surface area contributed by atoms with E-state index in [1.807, 2.05) is 6.07 Å². The van der Waals surface area contributed by atoms with Gasteiger partial charge in [0.25, 0.3) is 5.91 Å². The summed E-state index contributed by atoms with van der Waals surface area (Å²) in [5.41, 5.74) is -2.53. The van der Waals surface area contributed by atoms with Gasteiger partial charge in [-0.05, 0) is 30.5 Å². The number of alkyl halides is 5. The van der Waals surface area contributed by atoms with Gasteiger partial charge < -0.3 is 5.32 Å². The van der Waals surface area contributed by atoms with Crippen molar-refractivity contribution in [3.63, 3.8) is 0 Å². The molecule has 2 heterocycles. The van der Waals surface area contributed by atoms with E-state index in [4.69, 9.17) is 11.6 Å². The van der Waals surface area contributed by atoms with Crippen LogP contribution >= 0.6 is 22.4 Å². The number of hydrogen-bond acceptors (Lipinski definition) is 7. The Hall–Kier alpha value is -3.23. The summed E-state index contributed by atoms with van der Waals surface area (Å²) >= 11 is 6.12. The summed E-state index contributed by atoms with van der Waals surface area (Å²) < 4.78 is 105. The fourth-order valence-corrected chi connectivity index (χ4v) is 5.41. The number of amides is 1. The zero-order valence-corrected chi connectivity index (χ0v) is 21.1. The molecule has 0 saturated heterocycles. The van der Waals surface area contributed by atoms with Crippen LogP contribution in [0.2, 0.25) is 5.02 Å². The minimum Gasteiger partial charge on any atom is -0.334 e. The minimum atomic E-state index is -6.16. The van der Waals surface area contributed by atoms with Gasteiger partial charge in [-0.15, -0.1) is 0 Å². The second-order valence-electron chi connectivity index (χ2n) is 8.19. The summed E-state index contributed by atoms with van der Waals surface area (Å²) in [6.45, 7) is 0. The Balaban J connectivity index is 1.77. The molecule has 0 unspecified atom stereocenters. The zero-order valence-electron chi connectivity index (χ0n) is 18.7. The summed E-state index contributed by atoms with van der Waals surface area (Å²) in [5.74, 6) is -6.95. The number of carbonyl (C=O) groups excluding carboxylic acids is 1. The highest BCUT2D eigenvalue weighted by Gasteiger charge is 2.62. The van der Waals surface area contributed by atoms with Gasteiger partial charge in [0.15, 0.2) is 11.5 Å². The first-order chi connectivity index (χ1) is 17.5. The lowest BCUT2D eigenvalue weighted by atomic mass is 10.1. The van der Waals surface area contributed by atoms with Crippen LogP contribution in [0.15, 0.2) is 35.5 Å². The third kappa shape index (κ3) is 5.20. The molecule has 3 aromatic rings. The molecule has 0 atom stereocenters. The van der Waals surface area contributed by atoms with Gasteiger partial charge in [-0.3, -0.25) is 4.79 Å². The van der Waals surface area contributed by atoms with Crippen LogP contribution in [0.5, 0.6) is 0 Å². The third-order valence-corrected chi connectivity index (χ3v) is 7.64. The van der Waals surface area contributed by atoms with Crippen molar-refractivity contribution >= 4 is 37.6 Å². The standard InChI is InChI=1S/C20H13ClF6N6O3S2/c1-32-17(14(37-38(27,35)36)15(31-32)19(22,23)20(24,25)26)33-8-11(7-29-33)10-2-3-13(21)12(6-10)16(34)30-18(9-28)4-5-18/h2-3,6-8H,4-5H2,1H3,(H,30,34). The number of aromatic nitrogens is 4. The Kier molecular flexibility index (Phi) is 6.73. The van der Waals surface area contributed by atoms with Gasteiger partial charge in [-0.1, -0.05) is 21.6 Å². The molecule has 38 heavy (non-hydrogen) atoms. The van der Waals surface area contributed by atoms with Crippen LogP contribution in [-0.4, -0.2) is 45.6 Å². The first-order valence-electron chi connectivity index (χ1n) is 10.2. The Morgan fingerprint density at radius 3 is 2.45 bits per heavy atom. The van der Waals surface area contributed by atoms with Crippen molar-refractivity contribution in [1.82, 2.24) is 24.9 Å². The number of benzene rings is 1. The molecule has 202 valence electrons. The van der Waals surface area contributed by atoms with Crippen LogP contribution in [0.4, 0.5) is 25.8 Å². The van der Waals surface area contributed by atoms with Crippen molar-refractivity contribution in [2.75, 3.05) is 0 Å². The van der Waals surface area contributed by atoms with E-state index >= 15 is 0 Å². The fourth-order valence-electron chi connectivity index (χ4n) is 3.40. The lowest BCUT2D eigenvalue weighted by Crippen LogP contribution is -2.35. The number of carbonyl (C=O) groups is 1. The molecule has 1 fully saturated rings. The summed E-state index contributed by atoms with van der Waals surface area (Å²) in [4.78, 5) is 11.3. The van der Waals surface area contributed by atoms with Crippen LogP contribution in [-0.2, 0) is 22.2 Å². The Labute approximate surface area is 219 Å². The van der Waals surface area contributed by atoms with Gasteiger partial charge in [-0.2, -0.15) is 45.8 Å². The predicted molar refractivity (Wildman–Crippen MR) is 122 cm³/mol. The smallest absolute Gasteiger partial charge is 0.334 e. The van der Waals surface area contributed by atoms with Gasteiger partial charge in [-0.25, -0.2) is 9.36 Å². The van der Waals surface area contributed by atoms with Crippen LogP contribution in [0.25, 0.3) is 16.9 Å². The molecular weight excluding hydrogens is 586 g/mol. The van der Waals surface area contributed by atoms with Crippen molar-refractivity contribution in [3.05, 3.63) is 46.9 Å². The Morgan fingerprint density at radius 1 is 1.24 bits per heavy atom. The molecule has 2 aromatic heterocycles. The fraction of sp³-hybridized carbons (Fsp3) is 0.300. The molecule has 1 aliphatic rings. The lowest BCUT2D eigenvalue weighted by Gasteiger charge is -2.18. The van der Waals surface area contributed by atoms with Gasteiger partial charge in [0.1, 0.15) is 5.54 Å². The molecule has 1 aliphatic carbocycles. The van der Waals surface area contributed by atoms with Gasteiger partial charge in [0, 0.05) is 29.6 Å². The minimum absolute atomic E-state index is 0.00847. The van der Waals surface area contributed by atoms with Crippen LogP contribution in [0.3, 0.4) is 0 Å². The van der Waals surface area contributed by atoms with Crippen molar-refractivity contribution in [1.29, 1.82) is 5.26 Å². The summed E-state index contributed by atoms with van der Waals surface area (Å²) in [7, 11) is -5.60. The number of rotatable bonds is 7. The third-order valence-electron chi connectivity index (χ3n) is 5.47. The molecule has 1 aromatic carbocycles. The monoisotopic (exact) mass is 598 g/mol.